The summed E-state index contributed by atoms with van der Waals surface area (Å²) in [6.45, 7) is 2.14. The van der Waals surface area contributed by atoms with E-state index < -0.39 is 0 Å². The van der Waals surface area contributed by atoms with Crippen molar-refractivity contribution in [3.8, 4) is 0 Å². The second-order valence-electron chi connectivity index (χ2n) is 2.98. The third-order valence-electron chi connectivity index (χ3n) is 2.21. The van der Waals surface area contributed by atoms with Gasteiger partial charge < -0.3 is 4.90 Å². The highest BCUT2D eigenvalue weighted by Crippen LogP contribution is 2.36. The van der Waals surface area contributed by atoms with Crippen LogP contribution in [0.1, 0.15) is 19.8 Å². The highest BCUT2D eigenvalue weighted by Gasteiger charge is 2.39. The Kier molecular flexibility index (Phi) is 1.41. The molecule has 10 heavy (non-hydrogen) atoms. The molecule has 0 aliphatic carbocycles. The van der Waals surface area contributed by atoms with Gasteiger partial charge in [0.2, 0.25) is 5.91 Å². The lowest BCUT2D eigenvalue weighted by atomic mass is 10.3. The minimum atomic E-state index is 0.363. The molecule has 0 N–H and O–H groups in total. The lowest BCUT2D eigenvalue weighted by molar-refractivity contribution is -0.129. The topological polar surface area (TPSA) is 20.3 Å². The van der Waals surface area contributed by atoms with Crippen molar-refractivity contribution in [2.45, 2.75) is 31.2 Å². The molecule has 0 aromatic carbocycles. The summed E-state index contributed by atoms with van der Waals surface area (Å²) in [6, 6.07) is 0.491. The molecular weight excluding hydrogens is 146 g/mol. The van der Waals surface area contributed by atoms with E-state index in [0.29, 0.717) is 17.3 Å². The number of carbonyl (C=O) groups is 1. The van der Waals surface area contributed by atoms with Gasteiger partial charge in [-0.05, 0) is 13.3 Å². The van der Waals surface area contributed by atoms with Gasteiger partial charge in [-0.1, -0.05) is 0 Å². The molecule has 2 unspecified atom stereocenters. The molecule has 2 aliphatic heterocycles. The Morgan fingerprint density at radius 2 is 2.50 bits per heavy atom. The first-order valence-electron chi connectivity index (χ1n) is 3.72. The van der Waals surface area contributed by atoms with E-state index in [1.165, 1.54) is 0 Å². The monoisotopic (exact) mass is 157 g/mol. The van der Waals surface area contributed by atoms with Crippen LogP contribution in [0.4, 0.5) is 0 Å². The van der Waals surface area contributed by atoms with Gasteiger partial charge in [0.15, 0.2) is 0 Å². The van der Waals surface area contributed by atoms with E-state index in [4.69, 9.17) is 0 Å². The van der Waals surface area contributed by atoms with Gasteiger partial charge in [0, 0.05) is 18.2 Å². The second-order valence-corrected chi connectivity index (χ2v) is 4.19. The smallest absolute Gasteiger partial charge is 0.223 e. The van der Waals surface area contributed by atoms with Crippen LogP contribution in [0.15, 0.2) is 0 Å². The van der Waals surface area contributed by atoms with Crippen molar-refractivity contribution in [2.75, 3.05) is 5.75 Å². The van der Waals surface area contributed by atoms with Crippen LogP contribution in [0.3, 0.4) is 0 Å². The predicted octanol–water partition coefficient (Wildman–Crippen LogP) is 1.07. The van der Waals surface area contributed by atoms with Gasteiger partial charge in [-0.2, -0.15) is 0 Å². The van der Waals surface area contributed by atoms with Crippen LogP contribution in [0, 0.1) is 0 Å². The highest BCUT2D eigenvalue weighted by atomic mass is 32.2. The first-order chi connectivity index (χ1) is 4.79. The minimum Gasteiger partial charge on any atom is -0.327 e. The number of hydrogen-bond donors (Lipinski definition) is 0. The average molecular weight is 157 g/mol. The highest BCUT2D eigenvalue weighted by molar-refractivity contribution is 8.00. The summed E-state index contributed by atoms with van der Waals surface area (Å²) in [5.41, 5.74) is 0. The van der Waals surface area contributed by atoms with Gasteiger partial charge in [-0.3, -0.25) is 4.79 Å². The van der Waals surface area contributed by atoms with E-state index in [0.717, 1.165) is 18.6 Å². The first-order valence-corrected chi connectivity index (χ1v) is 4.76. The Morgan fingerprint density at radius 3 is 3.20 bits per heavy atom. The van der Waals surface area contributed by atoms with Crippen LogP contribution in [-0.4, -0.2) is 28.0 Å². The molecule has 2 fully saturated rings. The Morgan fingerprint density at radius 1 is 1.70 bits per heavy atom. The molecule has 56 valence electrons. The Labute approximate surface area is 65.0 Å². The average Bonchev–Trinajstić information content (AvgIpc) is 2.40. The number of nitrogens with zero attached hydrogens (tertiary/aromatic N) is 1. The van der Waals surface area contributed by atoms with E-state index in [1.54, 1.807) is 0 Å². The molecule has 0 spiro atoms. The summed E-state index contributed by atoms with van der Waals surface area (Å²) in [7, 11) is 0. The van der Waals surface area contributed by atoms with Crippen LogP contribution < -0.4 is 0 Å². The number of hydrogen-bond acceptors (Lipinski definition) is 2. The van der Waals surface area contributed by atoms with Crippen molar-refractivity contribution in [2.24, 2.45) is 0 Å². The molecule has 2 aliphatic rings. The van der Waals surface area contributed by atoms with Crippen LogP contribution in [0.2, 0.25) is 0 Å². The van der Waals surface area contributed by atoms with Crippen LogP contribution in [-0.2, 0) is 4.79 Å². The fourth-order valence-corrected chi connectivity index (χ4v) is 3.13. The van der Waals surface area contributed by atoms with Gasteiger partial charge in [-0.15, -0.1) is 11.8 Å². The zero-order valence-corrected chi connectivity index (χ0v) is 6.86. The number of carbonyl (C=O) groups excluding carboxylic acids is 1. The van der Waals surface area contributed by atoms with Gasteiger partial charge in [0.1, 0.15) is 0 Å². The summed E-state index contributed by atoms with van der Waals surface area (Å²) in [5.74, 6) is 1.50. The van der Waals surface area contributed by atoms with Gasteiger partial charge in [-0.25, -0.2) is 0 Å². The molecule has 0 radical (unpaired) electrons. The standard InChI is InChI=1S/C7H11NOS/c1-5-4-10-7-3-2-6(9)8(5)7/h5,7H,2-4H2,1H3. The summed E-state index contributed by atoms with van der Waals surface area (Å²) >= 11 is 1.93. The number of thioether (sulfide) groups is 1. The number of fused-ring (bicyclic) bond motifs is 1. The van der Waals surface area contributed by atoms with E-state index >= 15 is 0 Å². The lowest BCUT2D eigenvalue weighted by Gasteiger charge is -2.18. The van der Waals surface area contributed by atoms with Crippen LogP contribution in [0.5, 0.6) is 0 Å². The van der Waals surface area contributed by atoms with Crippen molar-refractivity contribution in [1.82, 2.24) is 4.90 Å². The molecule has 0 bridgehead atoms. The maximum atomic E-state index is 11.2. The molecule has 2 atom stereocenters. The maximum Gasteiger partial charge on any atom is 0.223 e. The van der Waals surface area contributed by atoms with Crippen molar-refractivity contribution in [3.63, 3.8) is 0 Å². The summed E-state index contributed by atoms with van der Waals surface area (Å²) in [4.78, 5) is 13.2. The van der Waals surface area contributed by atoms with Gasteiger partial charge in [0.25, 0.3) is 0 Å². The zero-order chi connectivity index (χ0) is 7.14. The molecule has 2 rings (SSSR count). The van der Waals surface area contributed by atoms with Crippen LogP contribution >= 0.6 is 11.8 Å². The van der Waals surface area contributed by atoms with Crippen molar-refractivity contribution < 1.29 is 4.79 Å². The molecular formula is C7H11NOS. The molecule has 3 heteroatoms. The molecule has 2 nitrogen and oxygen atoms in total. The summed E-state index contributed by atoms with van der Waals surface area (Å²) in [5, 5.41) is 0.530. The molecule has 1 amide bonds. The quantitative estimate of drug-likeness (QED) is 0.524. The van der Waals surface area contributed by atoms with Crippen LogP contribution in [0.25, 0.3) is 0 Å². The van der Waals surface area contributed by atoms with Crippen molar-refractivity contribution in [3.05, 3.63) is 0 Å². The third-order valence-corrected chi connectivity index (χ3v) is 3.73. The summed E-state index contributed by atoms with van der Waals surface area (Å²) in [6.07, 6.45) is 1.86. The van der Waals surface area contributed by atoms with E-state index in [1.807, 2.05) is 16.7 Å². The normalized spacial score (nSPS) is 38.9. The predicted molar refractivity (Wildman–Crippen MR) is 41.8 cm³/mol. The molecule has 2 saturated heterocycles. The Bertz CT molecular complexity index is 171. The van der Waals surface area contributed by atoms with Crippen molar-refractivity contribution in [1.29, 1.82) is 0 Å². The second kappa shape index (κ2) is 2.16. The lowest BCUT2D eigenvalue weighted by Crippen LogP contribution is -2.33. The minimum absolute atomic E-state index is 0.363. The van der Waals surface area contributed by atoms with Crippen molar-refractivity contribution >= 4 is 17.7 Å². The molecule has 0 aromatic rings. The van der Waals surface area contributed by atoms with Gasteiger partial charge >= 0.3 is 0 Å². The fourth-order valence-electron chi connectivity index (χ4n) is 1.70. The largest absolute Gasteiger partial charge is 0.327 e. The van der Waals surface area contributed by atoms with Gasteiger partial charge in [0.05, 0.1) is 5.37 Å². The fraction of sp³-hybridized carbons (Fsp3) is 0.857. The van der Waals surface area contributed by atoms with E-state index in [2.05, 4.69) is 6.92 Å². The Hall–Kier alpha value is -0.180. The molecule has 0 aromatic heterocycles. The zero-order valence-electron chi connectivity index (χ0n) is 6.04. The number of rotatable bonds is 0. The van der Waals surface area contributed by atoms with E-state index in [9.17, 15) is 4.79 Å². The first kappa shape index (κ1) is 6.53. The molecule has 2 heterocycles. The summed E-state index contributed by atoms with van der Waals surface area (Å²) < 4.78 is 0. The number of amides is 1. The third kappa shape index (κ3) is 0.764. The molecule has 0 saturated carbocycles. The maximum absolute atomic E-state index is 11.2. The SMILES string of the molecule is CC1CSC2CCC(=O)N12. The van der Waals surface area contributed by atoms with E-state index in [-0.39, 0.29) is 0 Å². The Balaban J connectivity index is 2.19.